The highest BCUT2D eigenvalue weighted by molar-refractivity contribution is 5.94. The minimum Gasteiger partial charge on any atom is -0.495 e. The second kappa shape index (κ2) is 7.14. The summed E-state index contributed by atoms with van der Waals surface area (Å²) >= 11 is 0. The normalized spacial score (nSPS) is 19.1. The molecule has 1 saturated heterocycles. The number of ether oxygens (including phenoxy) is 2. The van der Waals surface area contributed by atoms with Gasteiger partial charge in [0.25, 0.3) is 0 Å². The number of aryl methyl sites for hydroxylation is 2. The molecule has 1 amide bonds. The molecule has 22 heavy (non-hydrogen) atoms. The van der Waals surface area contributed by atoms with Gasteiger partial charge in [-0.15, -0.1) is 0 Å². The van der Waals surface area contributed by atoms with Gasteiger partial charge in [0, 0.05) is 19.1 Å². The molecule has 1 N–H and O–H groups in total. The van der Waals surface area contributed by atoms with Gasteiger partial charge in [-0.1, -0.05) is 6.42 Å². The molecule has 4 nitrogen and oxygen atoms in total. The van der Waals surface area contributed by atoms with Crippen molar-refractivity contribution in [3.8, 4) is 5.75 Å². The Kier molecular flexibility index (Phi) is 4.98. The number of hydrogen-bond donors (Lipinski definition) is 1. The first kappa shape index (κ1) is 15.3. The van der Waals surface area contributed by atoms with Crippen molar-refractivity contribution in [2.45, 2.75) is 44.9 Å². The molecule has 0 spiro atoms. The fourth-order valence-electron chi connectivity index (χ4n) is 3.40. The lowest BCUT2D eigenvalue weighted by molar-refractivity contribution is -0.122. The van der Waals surface area contributed by atoms with Gasteiger partial charge in [0.15, 0.2) is 0 Å². The van der Waals surface area contributed by atoms with Gasteiger partial charge >= 0.3 is 0 Å². The van der Waals surface area contributed by atoms with Crippen LogP contribution in [0.3, 0.4) is 0 Å². The Balaban J connectivity index is 1.79. The van der Waals surface area contributed by atoms with Gasteiger partial charge in [0.2, 0.25) is 5.91 Å². The third-order valence-corrected chi connectivity index (χ3v) is 4.76. The van der Waals surface area contributed by atoms with Crippen molar-refractivity contribution < 1.29 is 14.3 Å². The van der Waals surface area contributed by atoms with E-state index in [4.69, 9.17) is 9.47 Å². The van der Waals surface area contributed by atoms with Crippen LogP contribution in [0.25, 0.3) is 0 Å². The zero-order valence-electron chi connectivity index (χ0n) is 13.3. The Morgan fingerprint density at radius 3 is 2.50 bits per heavy atom. The Morgan fingerprint density at radius 1 is 1.14 bits per heavy atom. The highest BCUT2D eigenvalue weighted by atomic mass is 16.5. The van der Waals surface area contributed by atoms with E-state index in [1.807, 2.05) is 0 Å². The number of benzene rings is 1. The molecule has 4 heteroatoms. The van der Waals surface area contributed by atoms with Crippen molar-refractivity contribution in [3.63, 3.8) is 0 Å². The third kappa shape index (κ3) is 3.43. The van der Waals surface area contributed by atoms with E-state index < -0.39 is 0 Å². The van der Waals surface area contributed by atoms with Gasteiger partial charge in [-0.25, -0.2) is 0 Å². The lowest BCUT2D eigenvalue weighted by Crippen LogP contribution is -2.28. The molecule has 1 aliphatic heterocycles. The Morgan fingerprint density at radius 2 is 1.82 bits per heavy atom. The molecule has 1 fully saturated rings. The average molecular weight is 303 g/mol. The van der Waals surface area contributed by atoms with Crippen LogP contribution in [0.5, 0.6) is 5.75 Å². The van der Waals surface area contributed by atoms with Crippen molar-refractivity contribution in [1.29, 1.82) is 0 Å². The van der Waals surface area contributed by atoms with E-state index in [0.29, 0.717) is 13.2 Å². The maximum atomic E-state index is 12.4. The van der Waals surface area contributed by atoms with Crippen LogP contribution in [0.1, 0.15) is 43.2 Å². The maximum absolute atomic E-state index is 12.4. The van der Waals surface area contributed by atoms with Crippen LogP contribution < -0.4 is 10.1 Å². The van der Waals surface area contributed by atoms with Gasteiger partial charge in [-0.2, -0.15) is 0 Å². The fourth-order valence-corrected chi connectivity index (χ4v) is 3.40. The Labute approximate surface area is 132 Å². The number of methoxy groups -OCH3 is 1. The Hall–Kier alpha value is -1.55. The molecular formula is C18H25NO3. The summed E-state index contributed by atoms with van der Waals surface area (Å²) in [6.07, 6.45) is 7.56. The largest absolute Gasteiger partial charge is 0.495 e. The fraction of sp³-hybridized carbons (Fsp3) is 0.611. The number of carbonyl (C=O) groups is 1. The molecule has 0 saturated carbocycles. The summed E-state index contributed by atoms with van der Waals surface area (Å²) in [5.41, 5.74) is 3.55. The second-order valence-electron chi connectivity index (χ2n) is 6.26. The van der Waals surface area contributed by atoms with Crippen LogP contribution in [0.4, 0.5) is 5.69 Å². The monoisotopic (exact) mass is 303 g/mol. The molecule has 0 aromatic heterocycles. The number of carbonyl (C=O) groups excluding carboxylic acids is 1. The number of nitrogens with one attached hydrogen (secondary N) is 1. The molecule has 1 aromatic rings. The van der Waals surface area contributed by atoms with Gasteiger partial charge in [-0.3, -0.25) is 4.79 Å². The topological polar surface area (TPSA) is 47.6 Å². The molecule has 1 aromatic carbocycles. The van der Waals surface area contributed by atoms with Crippen LogP contribution in [0.2, 0.25) is 0 Å². The van der Waals surface area contributed by atoms with E-state index in [-0.39, 0.29) is 11.8 Å². The first-order valence-corrected chi connectivity index (χ1v) is 8.36. The minimum atomic E-state index is 0.0530. The van der Waals surface area contributed by atoms with Crippen LogP contribution in [0, 0.1) is 5.92 Å². The second-order valence-corrected chi connectivity index (χ2v) is 6.26. The maximum Gasteiger partial charge on any atom is 0.227 e. The predicted molar refractivity (Wildman–Crippen MR) is 86.4 cm³/mol. The van der Waals surface area contributed by atoms with Crippen LogP contribution in [-0.2, 0) is 22.4 Å². The lowest BCUT2D eigenvalue weighted by Gasteiger charge is -2.22. The van der Waals surface area contributed by atoms with E-state index in [2.05, 4.69) is 17.4 Å². The van der Waals surface area contributed by atoms with E-state index in [0.717, 1.165) is 37.1 Å². The number of anilines is 1. The number of rotatable bonds is 3. The molecule has 0 unspecified atom stereocenters. The summed E-state index contributed by atoms with van der Waals surface area (Å²) in [7, 11) is 1.67. The van der Waals surface area contributed by atoms with Crippen molar-refractivity contribution in [2.24, 2.45) is 5.92 Å². The first-order chi connectivity index (χ1) is 10.8. The van der Waals surface area contributed by atoms with Crippen molar-refractivity contribution in [2.75, 3.05) is 25.6 Å². The summed E-state index contributed by atoms with van der Waals surface area (Å²) in [6.45, 7) is 1.36. The molecule has 0 bridgehead atoms. The highest BCUT2D eigenvalue weighted by Crippen LogP contribution is 2.32. The van der Waals surface area contributed by atoms with Crippen LogP contribution in [-0.4, -0.2) is 26.2 Å². The summed E-state index contributed by atoms with van der Waals surface area (Å²) in [6, 6.07) is 4.23. The molecular weight excluding hydrogens is 278 g/mol. The lowest BCUT2D eigenvalue weighted by atomic mass is 9.98. The van der Waals surface area contributed by atoms with Gasteiger partial charge in [-0.05, 0) is 61.8 Å². The SMILES string of the molecule is COc1cc2c(cc1NC(=O)C1CCOCC1)CCCCC2. The van der Waals surface area contributed by atoms with E-state index >= 15 is 0 Å². The van der Waals surface area contributed by atoms with E-state index in [1.54, 1.807) is 7.11 Å². The quantitative estimate of drug-likeness (QED) is 0.871. The molecule has 120 valence electrons. The number of amides is 1. The molecule has 2 aliphatic rings. The molecule has 0 atom stereocenters. The number of fused-ring (bicyclic) bond motifs is 1. The minimum absolute atomic E-state index is 0.0530. The van der Waals surface area contributed by atoms with Gasteiger partial charge in [0.1, 0.15) is 5.75 Å². The van der Waals surface area contributed by atoms with Gasteiger partial charge in [0.05, 0.1) is 12.8 Å². The smallest absolute Gasteiger partial charge is 0.227 e. The van der Waals surface area contributed by atoms with E-state index in [9.17, 15) is 4.79 Å². The zero-order valence-corrected chi connectivity index (χ0v) is 13.3. The number of hydrogen-bond acceptors (Lipinski definition) is 3. The summed E-state index contributed by atoms with van der Waals surface area (Å²) in [4.78, 5) is 12.4. The Bertz CT molecular complexity index is 535. The molecule has 3 rings (SSSR count). The molecule has 1 heterocycles. The first-order valence-electron chi connectivity index (χ1n) is 8.36. The summed E-state index contributed by atoms with van der Waals surface area (Å²) in [5, 5.41) is 3.08. The van der Waals surface area contributed by atoms with Crippen LogP contribution >= 0.6 is 0 Å². The zero-order chi connectivity index (χ0) is 15.4. The van der Waals surface area contributed by atoms with Crippen molar-refractivity contribution in [3.05, 3.63) is 23.3 Å². The molecule has 0 radical (unpaired) electrons. The predicted octanol–water partition coefficient (Wildman–Crippen LogP) is 3.33. The summed E-state index contributed by atoms with van der Waals surface area (Å²) in [5.74, 6) is 0.925. The highest BCUT2D eigenvalue weighted by Gasteiger charge is 2.23. The van der Waals surface area contributed by atoms with Crippen molar-refractivity contribution >= 4 is 11.6 Å². The van der Waals surface area contributed by atoms with E-state index in [1.165, 1.54) is 30.4 Å². The summed E-state index contributed by atoms with van der Waals surface area (Å²) < 4.78 is 10.8. The molecule has 1 aliphatic carbocycles. The van der Waals surface area contributed by atoms with Crippen LogP contribution in [0.15, 0.2) is 12.1 Å². The average Bonchev–Trinajstić information content (AvgIpc) is 2.79. The van der Waals surface area contributed by atoms with Crippen molar-refractivity contribution in [1.82, 2.24) is 0 Å². The third-order valence-electron chi connectivity index (χ3n) is 4.76. The standard InChI is InChI=1S/C18H25NO3/c1-21-17-12-15-6-4-2-3-5-14(15)11-16(17)19-18(20)13-7-9-22-10-8-13/h11-13H,2-10H2,1H3,(H,19,20). The van der Waals surface area contributed by atoms with Gasteiger partial charge < -0.3 is 14.8 Å².